The highest BCUT2D eigenvalue weighted by Gasteiger charge is 2.21. The molecule has 0 atom stereocenters. The van der Waals surface area contributed by atoms with Crippen LogP contribution in [0, 0.1) is 0 Å². The molecule has 1 saturated carbocycles. The zero-order valence-corrected chi connectivity index (χ0v) is 12.5. The molecule has 0 saturated heterocycles. The Morgan fingerprint density at radius 1 is 1.38 bits per heavy atom. The van der Waals surface area contributed by atoms with E-state index < -0.39 is 0 Å². The zero-order chi connectivity index (χ0) is 14.8. The summed E-state index contributed by atoms with van der Waals surface area (Å²) >= 11 is 0. The van der Waals surface area contributed by atoms with Crippen molar-refractivity contribution in [2.45, 2.75) is 25.4 Å². The Labute approximate surface area is 124 Å². The van der Waals surface area contributed by atoms with E-state index in [2.05, 4.69) is 27.4 Å². The fraction of sp³-hybridized carbons (Fsp3) is 0.375. The maximum Gasteiger partial charge on any atom is 0.189 e. The predicted octanol–water partition coefficient (Wildman–Crippen LogP) is 1.87. The van der Waals surface area contributed by atoms with Crippen molar-refractivity contribution in [3.63, 3.8) is 0 Å². The first-order valence-electron chi connectivity index (χ1n) is 7.26. The fourth-order valence-corrected chi connectivity index (χ4v) is 2.24. The molecule has 3 rings (SSSR count). The number of hydrogen-bond acceptors (Lipinski definition) is 3. The molecule has 0 unspecified atom stereocenters. The van der Waals surface area contributed by atoms with E-state index in [0.717, 1.165) is 22.3 Å². The van der Waals surface area contributed by atoms with Gasteiger partial charge in [0.1, 0.15) is 5.82 Å². The van der Waals surface area contributed by atoms with Gasteiger partial charge in [-0.05, 0) is 30.5 Å². The summed E-state index contributed by atoms with van der Waals surface area (Å²) in [7, 11) is 3.99. The number of para-hydroxylation sites is 1. The SMILES string of the molecule is CN(C)c1cc(CN=C(N)NC2CC2)c2ccccc2n1. The Morgan fingerprint density at radius 3 is 2.86 bits per heavy atom. The van der Waals surface area contributed by atoms with Crippen LogP contribution in [0.4, 0.5) is 5.82 Å². The molecule has 1 aromatic heterocycles. The number of pyridine rings is 1. The van der Waals surface area contributed by atoms with Gasteiger partial charge in [-0.2, -0.15) is 0 Å². The smallest absolute Gasteiger partial charge is 0.189 e. The molecule has 2 aromatic rings. The molecule has 3 N–H and O–H groups in total. The summed E-state index contributed by atoms with van der Waals surface area (Å²) in [4.78, 5) is 11.1. The second-order valence-corrected chi connectivity index (χ2v) is 5.67. The van der Waals surface area contributed by atoms with Crippen molar-refractivity contribution in [1.82, 2.24) is 10.3 Å². The number of benzene rings is 1. The third kappa shape index (κ3) is 3.24. The monoisotopic (exact) mass is 283 g/mol. The van der Waals surface area contributed by atoms with E-state index in [9.17, 15) is 0 Å². The van der Waals surface area contributed by atoms with Crippen LogP contribution in [0.15, 0.2) is 35.3 Å². The van der Waals surface area contributed by atoms with Crippen LogP contribution >= 0.6 is 0 Å². The quantitative estimate of drug-likeness (QED) is 0.664. The van der Waals surface area contributed by atoms with Gasteiger partial charge in [0.05, 0.1) is 12.1 Å². The standard InChI is InChI=1S/C16H21N5/c1-21(2)15-9-11(10-18-16(17)19-12-7-8-12)13-5-3-4-6-14(13)20-15/h3-6,9,12H,7-8,10H2,1-2H3,(H3,17,18,19). The largest absolute Gasteiger partial charge is 0.370 e. The molecule has 1 fully saturated rings. The average Bonchev–Trinajstić information content (AvgIpc) is 3.28. The highest BCUT2D eigenvalue weighted by molar-refractivity contribution is 5.84. The summed E-state index contributed by atoms with van der Waals surface area (Å²) in [5.74, 6) is 1.47. The number of nitrogens with one attached hydrogen (secondary N) is 1. The van der Waals surface area contributed by atoms with E-state index in [1.165, 1.54) is 12.8 Å². The maximum absolute atomic E-state index is 5.92. The summed E-state index contributed by atoms with van der Waals surface area (Å²) < 4.78 is 0. The Kier molecular flexibility index (Phi) is 3.64. The van der Waals surface area contributed by atoms with Gasteiger partial charge in [0, 0.05) is 25.5 Å². The van der Waals surface area contributed by atoms with Gasteiger partial charge in [-0.1, -0.05) is 18.2 Å². The minimum Gasteiger partial charge on any atom is -0.370 e. The van der Waals surface area contributed by atoms with Crippen molar-refractivity contribution in [2.24, 2.45) is 10.7 Å². The molecule has 5 heteroatoms. The fourth-order valence-electron chi connectivity index (χ4n) is 2.24. The third-order valence-corrected chi connectivity index (χ3v) is 3.60. The highest BCUT2D eigenvalue weighted by Crippen LogP contribution is 2.23. The van der Waals surface area contributed by atoms with Crippen LogP contribution in [0.1, 0.15) is 18.4 Å². The molecule has 110 valence electrons. The number of aliphatic imine (C=N–C) groups is 1. The second-order valence-electron chi connectivity index (χ2n) is 5.67. The van der Waals surface area contributed by atoms with Crippen LogP contribution in [-0.4, -0.2) is 31.1 Å². The van der Waals surface area contributed by atoms with Crippen molar-refractivity contribution in [1.29, 1.82) is 0 Å². The topological polar surface area (TPSA) is 66.5 Å². The van der Waals surface area contributed by atoms with Crippen LogP contribution in [-0.2, 0) is 6.54 Å². The molecule has 0 aliphatic heterocycles. The lowest BCUT2D eigenvalue weighted by atomic mass is 10.1. The van der Waals surface area contributed by atoms with Gasteiger partial charge in [-0.25, -0.2) is 9.98 Å². The van der Waals surface area contributed by atoms with Crippen molar-refractivity contribution < 1.29 is 0 Å². The van der Waals surface area contributed by atoms with Gasteiger partial charge in [0.15, 0.2) is 5.96 Å². The summed E-state index contributed by atoms with van der Waals surface area (Å²) in [6, 6.07) is 10.7. The van der Waals surface area contributed by atoms with Gasteiger partial charge in [0.25, 0.3) is 0 Å². The highest BCUT2D eigenvalue weighted by atomic mass is 15.1. The van der Waals surface area contributed by atoms with Gasteiger partial charge >= 0.3 is 0 Å². The van der Waals surface area contributed by atoms with Crippen LogP contribution in [0.5, 0.6) is 0 Å². The molecule has 0 radical (unpaired) electrons. The molecule has 0 amide bonds. The number of anilines is 1. The molecule has 5 nitrogen and oxygen atoms in total. The summed E-state index contributed by atoms with van der Waals surface area (Å²) in [5.41, 5.74) is 8.05. The van der Waals surface area contributed by atoms with E-state index in [0.29, 0.717) is 18.5 Å². The molecule has 1 aliphatic carbocycles. The lowest BCUT2D eigenvalue weighted by Crippen LogP contribution is -2.33. The van der Waals surface area contributed by atoms with Crippen LogP contribution < -0.4 is 16.0 Å². The first-order chi connectivity index (χ1) is 10.1. The van der Waals surface area contributed by atoms with E-state index in [4.69, 9.17) is 5.73 Å². The molecule has 1 heterocycles. The Hall–Kier alpha value is -2.30. The molecule has 1 aliphatic rings. The lowest BCUT2D eigenvalue weighted by Gasteiger charge is -2.14. The van der Waals surface area contributed by atoms with E-state index in [1.54, 1.807) is 0 Å². The minimum atomic E-state index is 0.528. The first-order valence-corrected chi connectivity index (χ1v) is 7.26. The summed E-state index contributed by atoms with van der Waals surface area (Å²) in [6.45, 7) is 0.565. The normalized spacial score (nSPS) is 15.2. The number of rotatable bonds is 4. The van der Waals surface area contributed by atoms with Crippen LogP contribution in [0.3, 0.4) is 0 Å². The van der Waals surface area contributed by atoms with Crippen LogP contribution in [0.2, 0.25) is 0 Å². The van der Waals surface area contributed by atoms with Crippen molar-refractivity contribution >= 4 is 22.7 Å². The summed E-state index contributed by atoms with van der Waals surface area (Å²) in [6.07, 6.45) is 2.39. The lowest BCUT2D eigenvalue weighted by molar-refractivity contribution is 0.879. The van der Waals surface area contributed by atoms with E-state index in [1.807, 2.05) is 37.2 Å². The Morgan fingerprint density at radius 2 is 2.14 bits per heavy atom. The van der Waals surface area contributed by atoms with Gasteiger partial charge in [-0.15, -0.1) is 0 Å². The third-order valence-electron chi connectivity index (χ3n) is 3.60. The number of aromatic nitrogens is 1. The van der Waals surface area contributed by atoms with Crippen molar-refractivity contribution in [3.05, 3.63) is 35.9 Å². The van der Waals surface area contributed by atoms with Gasteiger partial charge < -0.3 is 16.0 Å². The second kappa shape index (κ2) is 5.60. The maximum atomic E-state index is 5.92. The number of nitrogens with zero attached hydrogens (tertiary/aromatic N) is 3. The summed E-state index contributed by atoms with van der Waals surface area (Å²) in [5, 5.41) is 4.34. The zero-order valence-electron chi connectivity index (χ0n) is 12.5. The van der Waals surface area contributed by atoms with Crippen molar-refractivity contribution in [2.75, 3.05) is 19.0 Å². The van der Waals surface area contributed by atoms with Gasteiger partial charge in [-0.3, -0.25) is 0 Å². The van der Waals surface area contributed by atoms with E-state index >= 15 is 0 Å². The first kappa shape index (κ1) is 13.7. The molecule has 1 aromatic carbocycles. The average molecular weight is 283 g/mol. The molecular weight excluding hydrogens is 262 g/mol. The van der Waals surface area contributed by atoms with E-state index in [-0.39, 0.29) is 0 Å². The number of hydrogen-bond donors (Lipinski definition) is 2. The minimum absolute atomic E-state index is 0.528. The van der Waals surface area contributed by atoms with Crippen LogP contribution in [0.25, 0.3) is 10.9 Å². The van der Waals surface area contributed by atoms with Gasteiger partial charge in [0.2, 0.25) is 0 Å². The number of nitrogens with two attached hydrogens (primary N) is 1. The predicted molar refractivity (Wildman–Crippen MR) is 87.6 cm³/mol. The Balaban J connectivity index is 1.91. The molecule has 0 bridgehead atoms. The molecular formula is C16H21N5. The Bertz CT molecular complexity index is 673. The number of guanidine groups is 1. The molecule has 0 spiro atoms. The molecule has 21 heavy (non-hydrogen) atoms. The van der Waals surface area contributed by atoms with Crippen molar-refractivity contribution in [3.8, 4) is 0 Å². The number of fused-ring (bicyclic) bond motifs is 1.